The van der Waals surface area contributed by atoms with Crippen LogP contribution in [0.25, 0.3) is 0 Å². The fraction of sp³-hybridized carbons (Fsp3) is 0.250. The van der Waals surface area contributed by atoms with Gasteiger partial charge in [-0.3, -0.25) is 10.1 Å². The molecule has 1 aromatic rings. The lowest BCUT2D eigenvalue weighted by Gasteiger charge is -2.13. The zero-order chi connectivity index (χ0) is 13.0. The lowest BCUT2D eigenvalue weighted by molar-refractivity contribution is -0.385. The molecule has 0 spiro atoms. The Morgan fingerprint density at radius 1 is 1.53 bits per heavy atom. The molecule has 1 aromatic carbocycles. The third kappa shape index (κ3) is 3.41. The Labute approximate surface area is 98.9 Å². The molecule has 0 fully saturated rings. The van der Waals surface area contributed by atoms with Crippen LogP contribution in [0.15, 0.2) is 36.4 Å². The van der Waals surface area contributed by atoms with E-state index in [9.17, 15) is 14.9 Å². The van der Waals surface area contributed by atoms with E-state index in [1.807, 2.05) is 0 Å². The summed E-state index contributed by atoms with van der Waals surface area (Å²) >= 11 is 0. The van der Waals surface area contributed by atoms with Crippen LogP contribution in [0.3, 0.4) is 0 Å². The maximum absolute atomic E-state index is 11.3. The van der Waals surface area contributed by atoms with Gasteiger partial charge in [0.1, 0.15) is 6.10 Å². The first-order valence-corrected chi connectivity index (χ1v) is 5.02. The Morgan fingerprint density at radius 3 is 2.71 bits per heavy atom. The van der Waals surface area contributed by atoms with Crippen molar-refractivity contribution in [1.82, 2.24) is 0 Å². The zero-order valence-electron chi connectivity index (χ0n) is 9.67. The van der Waals surface area contributed by atoms with E-state index >= 15 is 0 Å². The second-order valence-electron chi connectivity index (χ2n) is 3.68. The largest absolute Gasteiger partial charge is 0.454 e. The smallest absolute Gasteiger partial charge is 0.333 e. The van der Waals surface area contributed by atoms with Crippen molar-refractivity contribution in [2.45, 2.75) is 20.0 Å². The number of carbonyl (C=O) groups excluding carboxylic acids is 1. The maximum atomic E-state index is 11.3. The first kappa shape index (κ1) is 12.9. The van der Waals surface area contributed by atoms with E-state index in [0.717, 1.165) is 0 Å². The van der Waals surface area contributed by atoms with Gasteiger partial charge in [0.2, 0.25) is 0 Å². The summed E-state index contributed by atoms with van der Waals surface area (Å²) in [6.45, 7) is 6.66. The van der Waals surface area contributed by atoms with Gasteiger partial charge in [-0.2, -0.15) is 0 Å². The van der Waals surface area contributed by atoms with Crippen LogP contribution in [0, 0.1) is 10.1 Å². The molecule has 0 amide bonds. The van der Waals surface area contributed by atoms with Gasteiger partial charge in [-0.1, -0.05) is 18.7 Å². The fourth-order valence-electron chi connectivity index (χ4n) is 1.22. The number of esters is 1. The molecule has 1 atom stereocenters. The van der Waals surface area contributed by atoms with Crippen LogP contribution >= 0.6 is 0 Å². The molecule has 0 aromatic heterocycles. The van der Waals surface area contributed by atoms with Gasteiger partial charge in [-0.05, 0) is 19.4 Å². The fourth-order valence-corrected chi connectivity index (χ4v) is 1.22. The highest BCUT2D eigenvalue weighted by Crippen LogP contribution is 2.22. The summed E-state index contributed by atoms with van der Waals surface area (Å²) in [5, 5.41) is 10.6. The first-order valence-electron chi connectivity index (χ1n) is 5.02. The van der Waals surface area contributed by atoms with Crippen molar-refractivity contribution in [2.75, 3.05) is 0 Å². The summed E-state index contributed by atoms with van der Waals surface area (Å²) < 4.78 is 5.07. The molecule has 0 aliphatic carbocycles. The molecule has 1 rings (SSSR count). The van der Waals surface area contributed by atoms with E-state index in [0.29, 0.717) is 11.1 Å². The monoisotopic (exact) mass is 235 g/mol. The average molecular weight is 235 g/mol. The van der Waals surface area contributed by atoms with Crippen molar-refractivity contribution < 1.29 is 14.5 Å². The third-order valence-electron chi connectivity index (χ3n) is 2.18. The number of carbonyl (C=O) groups is 1. The predicted octanol–water partition coefficient (Wildman–Crippen LogP) is 2.78. The highest BCUT2D eigenvalue weighted by molar-refractivity contribution is 5.87. The normalized spacial score (nSPS) is 11.6. The van der Waals surface area contributed by atoms with Crippen molar-refractivity contribution in [1.29, 1.82) is 0 Å². The molecule has 0 N–H and O–H groups in total. The van der Waals surface area contributed by atoms with E-state index in [4.69, 9.17) is 4.74 Å². The summed E-state index contributed by atoms with van der Waals surface area (Å²) in [5.74, 6) is -0.510. The van der Waals surface area contributed by atoms with Gasteiger partial charge in [0.25, 0.3) is 5.69 Å². The van der Waals surface area contributed by atoms with E-state index in [2.05, 4.69) is 6.58 Å². The molecule has 1 unspecified atom stereocenters. The van der Waals surface area contributed by atoms with Gasteiger partial charge >= 0.3 is 5.97 Å². The Morgan fingerprint density at radius 2 is 2.18 bits per heavy atom. The second kappa shape index (κ2) is 5.25. The molecule has 0 aliphatic rings. The zero-order valence-corrected chi connectivity index (χ0v) is 9.67. The van der Waals surface area contributed by atoms with Crippen molar-refractivity contribution in [3.63, 3.8) is 0 Å². The number of rotatable bonds is 4. The van der Waals surface area contributed by atoms with Crippen LogP contribution < -0.4 is 0 Å². The maximum Gasteiger partial charge on any atom is 0.333 e. The van der Waals surface area contributed by atoms with Crippen LogP contribution in [-0.4, -0.2) is 10.9 Å². The molecular weight excluding hydrogens is 222 g/mol. The lowest BCUT2D eigenvalue weighted by atomic mass is 10.1. The molecule has 90 valence electrons. The number of non-ortho nitro benzene ring substituents is 1. The average Bonchev–Trinajstić information content (AvgIpc) is 2.28. The molecule has 0 radical (unpaired) electrons. The van der Waals surface area contributed by atoms with Crippen LogP contribution in [0.2, 0.25) is 0 Å². The molecule has 0 saturated heterocycles. The Balaban J connectivity index is 2.85. The minimum atomic E-state index is -0.543. The van der Waals surface area contributed by atoms with Gasteiger partial charge in [0, 0.05) is 17.7 Å². The van der Waals surface area contributed by atoms with E-state index in [1.54, 1.807) is 26.0 Å². The predicted molar refractivity (Wildman–Crippen MR) is 62.4 cm³/mol. The van der Waals surface area contributed by atoms with E-state index in [1.165, 1.54) is 12.1 Å². The van der Waals surface area contributed by atoms with Crippen LogP contribution in [0.1, 0.15) is 25.5 Å². The summed E-state index contributed by atoms with van der Waals surface area (Å²) in [6.07, 6.45) is -0.543. The van der Waals surface area contributed by atoms with Gasteiger partial charge in [0.15, 0.2) is 0 Å². The number of nitrogens with zero attached hydrogens (tertiary/aromatic N) is 1. The van der Waals surface area contributed by atoms with Crippen molar-refractivity contribution >= 4 is 11.7 Å². The molecule has 5 nitrogen and oxygen atoms in total. The number of hydrogen-bond donors (Lipinski definition) is 0. The lowest BCUT2D eigenvalue weighted by Crippen LogP contribution is -2.09. The van der Waals surface area contributed by atoms with Gasteiger partial charge in [-0.25, -0.2) is 4.79 Å². The SMILES string of the molecule is C=C(C)C(=O)OC(C)c1cccc([N+](=O)[O-])c1. The Kier molecular flexibility index (Phi) is 3.98. The van der Waals surface area contributed by atoms with E-state index < -0.39 is 17.0 Å². The van der Waals surface area contributed by atoms with E-state index in [-0.39, 0.29) is 5.69 Å². The summed E-state index contributed by atoms with van der Waals surface area (Å²) in [4.78, 5) is 21.4. The van der Waals surface area contributed by atoms with Crippen LogP contribution in [0.4, 0.5) is 5.69 Å². The highest BCUT2D eigenvalue weighted by atomic mass is 16.6. The standard InChI is InChI=1S/C12H13NO4/c1-8(2)12(14)17-9(3)10-5-4-6-11(7-10)13(15)16/h4-7,9H,1H2,2-3H3. The highest BCUT2D eigenvalue weighted by Gasteiger charge is 2.14. The first-order chi connectivity index (χ1) is 7.91. The topological polar surface area (TPSA) is 69.4 Å². The second-order valence-corrected chi connectivity index (χ2v) is 3.68. The van der Waals surface area contributed by atoms with Crippen LogP contribution in [-0.2, 0) is 9.53 Å². The minimum Gasteiger partial charge on any atom is -0.454 e. The third-order valence-corrected chi connectivity index (χ3v) is 2.18. The minimum absolute atomic E-state index is 0.0271. The molecular formula is C12H13NO4. The van der Waals surface area contributed by atoms with Gasteiger partial charge < -0.3 is 4.74 Å². The molecule has 0 heterocycles. The van der Waals surface area contributed by atoms with Gasteiger partial charge in [0.05, 0.1) is 4.92 Å². The Bertz CT molecular complexity index is 467. The van der Waals surface area contributed by atoms with Crippen molar-refractivity contribution in [3.8, 4) is 0 Å². The summed E-state index contributed by atoms with van der Waals surface area (Å²) in [6, 6.07) is 6.00. The summed E-state index contributed by atoms with van der Waals surface area (Å²) in [7, 11) is 0. The number of ether oxygens (including phenoxy) is 1. The molecule has 0 saturated carbocycles. The Hall–Kier alpha value is -2.17. The molecule has 17 heavy (non-hydrogen) atoms. The molecule has 0 aliphatic heterocycles. The molecule has 0 bridgehead atoms. The van der Waals surface area contributed by atoms with Crippen LogP contribution in [0.5, 0.6) is 0 Å². The summed E-state index contributed by atoms with van der Waals surface area (Å²) in [5.41, 5.74) is 0.844. The van der Waals surface area contributed by atoms with Crippen molar-refractivity contribution in [3.05, 3.63) is 52.1 Å². The quantitative estimate of drug-likeness (QED) is 0.348. The molecule has 5 heteroatoms. The number of benzene rings is 1. The number of nitro groups is 1. The number of hydrogen-bond acceptors (Lipinski definition) is 4. The van der Waals surface area contributed by atoms with Gasteiger partial charge in [-0.15, -0.1) is 0 Å². The van der Waals surface area contributed by atoms with Crippen molar-refractivity contribution in [2.24, 2.45) is 0 Å². The number of nitro benzene ring substituents is 1.